The number of ether oxygens (including phenoxy) is 2. The second kappa shape index (κ2) is 7.47. The van der Waals surface area contributed by atoms with Gasteiger partial charge in [0, 0.05) is 18.0 Å². The number of fused-ring (bicyclic) bond motifs is 1. The Morgan fingerprint density at radius 2 is 1.83 bits per heavy atom. The minimum atomic E-state index is -0.471. The third-order valence-electron chi connectivity index (χ3n) is 5.26. The molecule has 1 aromatic heterocycles. The van der Waals surface area contributed by atoms with Crippen molar-refractivity contribution < 1.29 is 14.3 Å². The van der Waals surface area contributed by atoms with Crippen molar-refractivity contribution in [3.63, 3.8) is 0 Å². The van der Waals surface area contributed by atoms with Gasteiger partial charge in [-0.2, -0.15) is 0 Å². The van der Waals surface area contributed by atoms with Crippen molar-refractivity contribution in [1.82, 2.24) is 4.98 Å². The van der Waals surface area contributed by atoms with Crippen LogP contribution in [-0.2, 0) is 0 Å². The highest BCUT2D eigenvalue weighted by Gasteiger charge is 2.40. The first kappa shape index (κ1) is 18.8. The molecule has 0 saturated carbocycles. The van der Waals surface area contributed by atoms with E-state index < -0.39 is 6.17 Å². The maximum atomic E-state index is 13.3. The fourth-order valence-corrected chi connectivity index (χ4v) is 3.54. The molecule has 29 heavy (non-hydrogen) atoms. The lowest BCUT2D eigenvalue weighted by molar-refractivity contribution is 0.0992. The number of aryl methyl sites for hydroxylation is 2. The molecule has 148 valence electrons. The predicted octanol–water partition coefficient (Wildman–Crippen LogP) is 4.49. The summed E-state index contributed by atoms with van der Waals surface area (Å²) in [5.74, 6) is 1.09. The zero-order valence-corrected chi connectivity index (χ0v) is 16.9. The molecule has 0 spiro atoms. The van der Waals surface area contributed by atoms with Crippen LogP contribution in [0.4, 0.5) is 11.4 Å². The van der Waals surface area contributed by atoms with Crippen molar-refractivity contribution in [3.05, 3.63) is 77.1 Å². The van der Waals surface area contributed by atoms with Gasteiger partial charge in [0.05, 0.1) is 31.2 Å². The Balaban J connectivity index is 1.83. The number of rotatable bonds is 5. The molecule has 1 aliphatic heterocycles. The minimum absolute atomic E-state index is 0.138. The van der Waals surface area contributed by atoms with Gasteiger partial charge < -0.3 is 14.8 Å². The van der Waals surface area contributed by atoms with Crippen LogP contribution in [0.25, 0.3) is 0 Å². The van der Waals surface area contributed by atoms with E-state index in [1.807, 2.05) is 6.07 Å². The van der Waals surface area contributed by atoms with Crippen LogP contribution < -0.4 is 19.7 Å². The Morgan fingerprint density at radius 3 is 2.55 bits per heavy atom. The molecule has 6 heteroatoms. The summed E-state index contributed by atoms with van der Waals surface area (Å²) in [6.45, 7) is 4.14. The molecular formula is C23H23N3O3. The van der Waals surface area contributed by atoms with Crippen molar-refractivity contribution in [3.8, 4) is 11.5 Å². The predicted molar refractivity (Wildman–Crippen MR) is 113 cm³/mol. The van der Waals surface area contributed by atoms with Gasteiger partial charge in [-0.25, -0.2) is 0 Å². The lowest BCUT2D eigenvalue weighted by Gasteiger charge is -2.28. The third kappa shape index (κ3) is 3.27. The van der Waals surface area contributed by atoms with Gasteiger partial charge in [-0.15, -0.1) is 0 Å². The molecular weight excluding hydrogens is 366 g/mol. The Labute approximate surface area is 170 Å². The number of nitrogens with zero attached hydrogens (tertiary/aromatic N) is 2. The molecule has 6 nitrogen and oxygen atoms in total. The van der Waals surface area contributed by atoms with E-state index >= 15 is 0 Å². The fraction of sp³-hybridized carbons (Fsp3) is 0.217. The standard InChI is InChI=1S/C23H23N3O3/c1-14-7-8-16(12-15(14)2)25-22-21-18(6-5-11-24-21)23(27)26(22)19-13-17(28-3)9-10-20(19)29-4/h5-13,22,25H,1-4H3/t22-/m0/s1. The number of hydrogen-bond donors (Lipinski definition) is 1. The summed E-state index contributed by atoms with van der Waals surface area (Å²) >= 11 is 0. The highest BCUT2D eigenvalue weighted by Crippen LogP contribution is 2.42. The summed E-state index contributed by atoms with van der Waals surface area (Å²) in [6.07, 6.45) is 1.23. The Kier molecular flexibility index (Phi) is 4.84. The summed E-state index contributed by atoms with van der Waals surface area (Å²) in [4.78, 5) is 19.5. The molecule has 2 aromatic carbocycles. The largest absolute Gasteiger partial charge is 0.497 e. The van der Waals surface area contributed by atoms with E-state index in [-0.39, 0.29) is 5.91 Å². The zero-order valence-electron chi connectivity index (χ0n) is 16.9. The summed E-state index contributed by atoms with van der Waals surface area (Å²) in [7, 11) is 3.18. The van der Waals surface area contributed by atoms with Crippen molar-refractivity contribution in [1.29, 1.82) is 0 Å². The van der Waals surface area contributed by atoms with Crippen LogP contribution in [0.2, 0.25) is 0 Å². The number of methoxy groups -OCH3 is 2. The van der Waals surface area contributed by atoms with Crippen molar-refractivity contribution in [2.24, 2.45) is 0 Å². The van der Waals surface area contributed by atoms with Crippen molar-refractivity contribution >= 4 is 17.3 Å². The van der Waals surface area contributed by atoms with Crippen LogP contribution in [0, 0.1) is 13.8 Å². The van der Waals surface area contributed by atoms with E-state index in [9.17, 15) is 4.79 Å². The highest BCUT2D eigenvalue weighted by atomic mass is 16.5. The smallest absolute Gasteiger partial charge is 0.262 e. The number of carbonyl (C=O) groups is 1. The molecule has 0 unspecified atom stereocenters. The number of anilines is 2. The molecule has 1 atom stereocenters. The van der Waals surface area contributed by atoms with E-state index in [2.05, 4.69) is 36.3 Å². The molecule has 1 aliphatic rings. The van der Waals surface area contributed by atoms with E-state index in [0.29, 0.717) is 28.4 Å². The number of amides is 1. The molecule has 4 rings (SSSR count). The summed E-state index contributed by atoms with van der Waals surface area (Å²) in [6, 6.07) is 15.1. The molecule has 1 N–H and O–H groups in total. The Hall–Kier alpha value is -3.54. The summed E-state index contributed by atoms with van der Waals surface area (Å²) in [5, 5.41) is 3.48. The topological polar surface area (TPSA) is 63.7 Å². The Morgan fingerprint density at radius 1 is 1.00 bits per heavy atom. The van der Waals surface area contributed by atoms with Crippen LogP contribution in [0.5, 0.6) is 11.5 Å². The van der Waals surface area contributed by atoms with Crippen LogP contribution in [-0.4, -0.2) is 25.1 Å². The summed E-state index contributed by atoms with van der Waals surface area (Å²) in [5.41, 5.74) is 5.17. The maximum Gasteiger partial charge on any atom is 0.262 e. The van der Waals surface area contributed by atoms with Crippen molar-refractivity contribution in [2.45, 2.75) is 20.0 Å². The monoisotopic (exact) mass is 389 g/mol. The molecule has 3 aromatic rings. The van der Waals surface area contributed by atoms with Gasteiger partial charge in [0.15, 0.2) is 6.17 Å². The fourth-order valence-electron chi connectivity index (χ4n) is 3.54. The highest BCUT2D eigenvalue weighted by molar-refractivity contribution is 6.11. The second-order valence-electron chi connectivity index (χ2n) is 7.00. The minimum Gasteiger partial charge on any atom is -0.497 e. The average Bonchev–Trinajstić information content (AvgIpc) is 3.02. The molecule has 0 fully saturated rings. The number of carbonyl (C=O) groups excluding carboxylic acids is 1. The van der Waals surface area contributed by atoms with Crippen molar-refractivity contribution in [2.75, 3.05) is 24.4 Å². The average molecular weight is 389 g/mol. The van der Waals surface area contributed by atoms with E-state index in [1.54, 1.807) is 55.6 Å². The first-order valence-corrected chi connectivity index (χ1v) is 9.37. The third-order valence-corrected chi connectivity index (χ3v) is 5.26. The second-order valence-corrected chi connectivity index (χ2v) is 7.00. The van der Waals surface area contributed by atoms with Gasteiger partial charge in [0.25, 0.3) is 5.91 Å². The first-order chi connectivity index (χ1) is 14.0. The number of benzene rings is 2. The molecule has 0 radical (unpaired) electrons. The van der Waals surface area contributed by atoms with E-state index in [1.165, 1.54) is 11.1 Å². The molecule has 1 amide bonds. The van der Waals surface area contributed by atoms with Gasteiger partial charge in [-0.1, -0.05) is 6.07 Å². The number of nitrogens with one attached hydrogen (secondary N) is 1. The van der Waals surface area contributed by atoms with Gasteiger partial charge in [0.2, 0.25) is 0 Å². The normalized spacial score (nSPS) is 15.2. The van der Waals surface area contributed by atoms with Crippen LogP contribution in [0.1, 0.15) is 33.3 Å². The maximum absolute atomic E-state index is 13.3. The zero-order chi connectivity index (χ0) is 20.5. The molecule has 0 aliphatic carbocycles. The summed E-state index contributed by atoms with van der Waals surface area (Å²) < 4.78 is 10.9. The van der Waals surface area contributed by atoms with Gasteiger partial charge in [-0.05, 0) is 61.4 Å². The molecule has 2 heterocycles. The van der Waals surface area contributed by atoms with E-state index in [4.69, 9.17) is 9.47 Å². The first-order valence-electron chi connectivity index (χ1n) is 9.37. The van der Waals surface area contributed by atoms with Gasteiger partial charge >= 0.3 is 0 Å². The number of pyridine rings is 1. The quantitative estimate of drug-likeness (QED) is 0.697. The molecule has 0 bridgehead atoms. The lowest BCUT2D eigenvalue weighted by atomic mass is 10.1. The van der Waals surface area contributed by atoms with Crippen LogP contribution in [0.3, 0.4) is 0 Å². The SMILES string of the molecule is COc1ccc(OC)c(N2C(=O)c3cccnc3[C@H]2Nc2ccc(C)c(C)c2)c1. The number of aromatic nitrogens is 1. The lowest BCUT2D eigenvalue weighted by Crippen LogP contribution is -2.32. The Bertz CT molecular complexity index is 1080. The van der Waals surface area contributed by atoms with Gasteiger partial charge in [-0.3, -0.25) is 14.7 Å². The number of hydrogen-bond acceptors (Lipinski definition) is 5. The van der Waals surface area contributed by atoms with Gasteiger partial charge in [0.1, 0.15) is 11.5 Å². The molecule has 0 saturated heterocycles. The van der Waals surface area contributed by atoms with Crippen LogP contribution >= 0.6 is 0 Å². The van der Waals surface area contributed by atoms with E-state index in [0.717, 1.165) is 5.69 Å². The van der Waals surface area contributed by atoms with Crippen LogP contribution in [0.15, 0.2) is 54.7 Å².